The van der Waals surface area contributed by atoms with Crippen molar-refractivity contribution in [3.63, 3.8) is 0 Å². The number of nitrogens with zero attached hydrogens (tertiary/aromatic N) is 1. The van der Waals surface area contributed by atoms with Gasteiger partial charge in [0, 0.05) is 6.54 Å². The molecule has 2 rings (SSSR count). The molecule has 2 aromatic rings. The fourth-order valence-corrected chi connectivity index (χ4v) is 2.20. The molecule has 114 valence electrons. The van der Waals surface area contributed by atoms with Crippen molar-refractivity contribution in [1.29, 1.82) is 5.26 Å². The van der Waals surface area contributed by atoms with Crippen LogP contribution in [0.3, 0.4) is 0 Å². The minimum Gasteiger partial charge on any atom is -0.494 e. The Morgan fingerprint density at radius 3 is 2.68 bits per heavy atom. The lowest BCUT2D eigenvalue weighted by Crippen LogP contribution is -2.22. The Labute approximate surface area is 130 Å². The van der Waals surface area contributed by atoms with Crippen LogP contribution in [0.4, 0.5) is 4.39 Å². The summed E-state index contributed by atoms with van der Waals surface area (Å²) in [6.45, 7) is 3.16. The molecular weight excluding hydrogens is 279 g/mol. The molecule has 0 aliphatic heterocycles. The molecule has 0 saturated carbocycles. The number of nitriles is 1. The molecule has 0 amide bonds. The van der Waals surface area contributed by atoms with E-state index in [0.29, 0.717) is 13.2 Å². The van der Waals surface area contributed by atoms with Gasteiger partial charge in [0.1, 0.15) is 17.6 Å². The van der Waals surface area contributed by atoms with E-state index in [0.717, 1.165) is 23.3 Å². The van der Waals surface area contributed by atoms with Crippen LogP contribution in [0.25, 0.3) is 0 Å². The number of hydrogen-bond donors (Lipinski definition) is 1. The molecule has 0 bridgehead atoms. The topological polar surface area (TPSA) is 45.0 Å². The Kier molecular flexibility index (Phi) is 5.93. The molecule has 1 atom stereocenters. The molecule has 0 spiro atoms. The summed E-state index contributed by atoms with van der Waals surface area (Å²) in [6.07, 6.45) is 0.740. The van der Waals surface area contributed by atoms with Crippen LogP contribution in [-0.4, -0.2) is 13.2 Å². The monoisotopic (exact) mass is 298 g/mol. The van der Waals surface area contributed by atoms with Gasteiger partial charge in [-0.15, -0.1) is 0 Å². The third-order valence-electron chi connectivity index (χ3n) is 3.31. The Balaban J connectivity index is 1.93. The highest BCUT2D eigenvalue weighted by Crippen LogP contribution is 2.19. The van der Waals surface area contributed by atoms with Crippen LogP contribution in [0.5, 0.6) is 5.75 Å². The van der Waals surface area contributed by atoms with E-state index in [1.165, 1.54) is 12.1 Å². The van der Waals surface area contributed by atoms with Gasteiger partial charge in [0.2, 0.25) is 0 Å². The summed E-state index contributed by atoms with van der Waals surface area (Å²) >= 11 is 0. The lowest BCUT2D eigenvalue weighted by Gasteiger charge is -2.13. The van der Waals surface area contributed by atoms with Crippen LogP contribution in [0.2, 0.25) is 0 Å². The summed E-state index contributed by atoms with van der Waals surface area (Å²) in [6, 6.07) is 15.8. The predicted octanol–water partition coefficient (Wildman–Crippen LogP) is 3.62. The first kappa shape index (κ1) is 16.0. The lowest BCUT2D eigenvalue weighted by molar-refractivity contribution is 0.339. The first-order valence-corrected chi connectivity index (χ1v) is 7.33. The van der Waals surface area contributed by atoms with E-state index in [-0.39, 0.29) is 11.9 Å². The van der Waals surface area contributed by atoms with Crippen molar-refractivity contribution in [2.45, 2.75) is 19.4 Å². The van der Waals surface area contributed by atoms with Crippen LogP contribution in [-0.2, 0) is 6.42 Å². The number of halogens is 1. The molecule has 4 heteroatoms. The predicted molar refractivity (Wildman–Crippen MR) is 84.1 cm³/mol. The molecule has 2 aromatic carbocycles. The van der Waals surface area contributed by atoms with Crippen LogP contribution in [0.1, 0.15) is 24.1 Å². The Morgan fingerprint density at radius 2 is 2.00 bits per heavy atom. The normalized spacial score (nSPS) is 11.7. The summed E-state index contributed by atoms with van der Waals surface area (Å²) in [4.78, 5) is 0. The first-order chi connectivity index (χ1) is 10.7. The smallest absolute Gasteiger partial charge is 0.123 e. The summed E-state index contributed by atoms with van der Waals surface area (Å²) < 4.78 is 18.3. The van der Waals surface area contributed by atoms with Crippen molar-refractivity contribution in [2.75, 3.05) is 13.2 Å². The molecule has 0 radical (unpaired) electrons. The van der Waals surface area contributed by atoms with Crippen molar-refractivity contribution in [2.24, 2.45) is 0 Å². The largest absolute Gasteiger partial charge is 0.494 e. The van der Waals surface area contributed by atoms with Gasteiger partial charge in [0.15, 0.2) is 0 Å². The third-order valence-corrected chi connectivity index (χ3v) is 3.31. The minimum atomic E-state index is -0.388. The second kappa shape index (κ2) is 8.16. The van der Waals surface area contributed by atoms with Gasteiger partial charge in [-0.05, 0) is 48.7 Å². The second-order valence-electron chi connectivity index (χ2n) is 4.90. The zero-order valence-electron chi connectivity index (χ0n) is 12.6. The van der Waals surface area contributed by atoms with Gasteiger partial charge in [-0.2, -0.15) is 5.26 Å². The fraction of sp³-hybridized carbons (Fsp3) is 0.278. The molecule has 0 fully saturated rings. The maximum absolute atomic E-state index is 12.8. The van der Waals surface area contributed by atoms with E-state index >= 15 is 0 Å². The van der Waals surface area contributed by atoms with E-state index in [4.69, 9.17) is 4.74 Å². The van der Waals surface area contributed by atoms with Crippen molar-refractivity contribution < 1.29 is 9.13 Å². The summed E-state index contributed by atoms with van der Waals surface area (Å²) in [7, 11) is 0. The standard InChI is InChI=1S/C18H19FN2O/c1-2-22-17-5-3-4-15(12-17)18(13-20)21-11-10-14-6-8-16(19)9-7-14/h3-9,12,18,21H,2,10-11H2,1H3. The molecule has 0 saturated heterocycles. The maximum Gasteiger partial charge on any atom is 0.123 e. The minimum absolute atomic E-state index is 0.237. The van der Waals surface area contributed by atoms with Gasteiger partial charge >= 0.3 is 0 Å². The third kappa shape index (κ3) is 4.57. The second-order valence-corrected chi connectivity index (χ2v) is 4.90. The highest BCUT2D eigenvalue weighted by atomic mass is 19.1. The zero-order chi connectivity index (χ0) is 15.8. The molecule has 0 heterocycles. The molecule has 0 aromatic heterocycles. The van der Waals surface area contributed by atoms with E-state index < -0.39 is 0 Å². The zero-order valence-corrected chi connectivity index (χ0v) is 12.6. The SMILES string of the molecule is CCOc1cccc(C(C#N)NCCc2ccc(F)cc2)c1. The lowest BCUT2D eigenvalue weighted by atomic mass is 10.1. The maximum atomic E-state index is 12.8. The molecule has 1 N–H and O–H groups in total. The number of rotatable bonds is 7. The molecule has 0 aliphatic rings. The van der Waals surface area contributed by atoms with Crippen LogP contribution >= 0.6 is 0 Å². The fourth-order valence-electron chi connectivity index (χ4n) is 2.20. The van der Waals surface area contributed by atoms with Crippen LogP contribution < -0.4 is 10.1 Å². The average molecular weight is 298 g/mol. The van der Waals surface area contributed by atoms with Gasteiger partial charge in [-0.3, -0.25) is 5.32 Å². The molecule has 1 unspecified atom stereocenters. The van der Waals surface area contributed by atoms with Crippen molar-refractivity contribution >= 4 is 0 Å². The van der Waals surface area contributed by atoms with Gasteiger partial charge in [-0.25, -0.2) is 4.39 Å². The number of benzene rings is 2. The van der Waals surface area contributed by atoms with E-state index in [1.54, 1.807) is 12.1 Å². The van der Waals surface area contributed by atoms with E-state index in [2.05, 4.69) is 11.4 Å². The molecule has 0 aliphatic carbocycles. The number of nitrogens with one attached hydrogen (secondary N) is 1. The Bertz CT molecular complexity index is 634. The van der Waals surface area contributed by atoms with Gasteiger partial charge in [0.05, 0.1) is 12.7 Å². The summed E-state index contributed by atoms with van der Waals surface area (Å²) in [5, 5.41) is 12.5. The van der Waals surface area contributed by atoms with Crippen molar-refractivity contribution in [3.8, 4) is 11.8 Å². The average Bonchev–Trinajstić information content (AvgIpc) is 2.54. The summed E-state index contributed by atoms with van der Waals surface area (Å²) in [5.41, 5.74) is 1.92. The van der Waals surface area contributed by atoms with Crippen molar-refractivity contribution in [3.05, 3.63) is 65.5 Å². The first-order valence-electron chi connectivity index (χ1n) is 7.33. The Hall–Kier alpha value is -2.38. The van der Waals surface area contributed by atoms with E-state index in [9.17, 15) is 9.65 Å². The van der Waals surface area contributed by atoms with Gasteiger partial charge in [-0.1, -0.05) is 24.3 Å². The molecular formula is C18H19FN2O. The Morgan fingerprint density at radius 1 is 1.23 bits per heavy atom. The summed E-state index contributed by atoms with van der Waals surface area (Å²) in [5.74, 6) is 0.528. The number of ether oxygens (including phenoxy) is 1. The molecule has 22 heavy (non-hydrogen) atoms. The highest BCUT2D eigenvalue weighted by Gasteiger charge is 2.10. The van der Waals surface area contributed by atoms with E-state index in [1.807, 2.05) is 31.2 Å². The molecule has 3 nitrogen and oxygen atoms in total. The number of hydrogen-bond acceptors (Lipinski definition) is 3. The van der Waals surface area contributed by atoms with Crippen LogP contribution in [0, 0.1) is 17.1 Å². The van der Waals surface area contributed by atoms with Crippen molar-refractivity contribution in [1.82, 2.24) is 5.32 Å². The van der Waals surface area contributed by atoms with Crippen LogP contribution in [0.15, 0.2) is 48.5 Å². The van der Waals surface area contributed by atoms with Gasteiger partial charge in [0.25, 0.3) is 0 Å². The highest BCUT2D eigenvalue weighted by molar-refractivity contribution is 5.33. The quantitative estimate of drug-likeness (QED) is 0.849. The van der Waals surface area contributed by atoms with Gasteiger partial charge < -0.3 is 4.74 Å².